The Balaban J connectivity index is 0.000000142. The number of hydrogen-bond donors (Lipinski definition) is 0. The average Bonchev–Trinajstić information content (AvgIpc) is 3.33. The van der Waals surface area contributed by atoms with Gasteiger partial charge in [0.25, 0.3) is 0 Å². The van der Waals surface area contributed by atoms with E-state index in [2.05, 4.69) is 78.4 Å². The summed E-state index contributed by atoms with van der Waals surface area (Å²) in [6, 6.07) is 27.8. The van der Waals surface area contributed by atoms with E-state index in [1.165, 1.54) is 38.4 Å². The van der Waals surface area contributed by atoms with Crippen LogP contribution in [-0.4, -0.2) is 15.0 Å². The van der Waals surface area contributed by atoms with Crippen LogP contribution in [0.25, 0.3) is 56.1 Å². The summed E-state index contributed by atoms with van der Waals surface area (Å²) in [5.74, 6) is 0. The first-order valence-electron chi connectivity index (χ1n) is 11.4. The predicted octanol–water partition coefficient (Wildman–Crippen LogP) is 7.58. The van der Waals surface area contributed by atoms with E-state index in [1.54, 1.807) is 0 Å². The first-order chi connectivity index (χ1) is 16.7. The molecule has 3 aromatic carbocycles. The van der Waals surface area contributed by atoms with Crippen molar-refractivity contribution < 1.29 is 20.1 Å². The van der Waals surface area contributed by atoms with E-state index in [1.807, 2.05) is 48.8 Å². The second-order valence-electron chi connectivity index (χ2n) is 8.50. The van der Waals surface area contributed by atoms with Gasteiger partial charge in [0, 0.05) is 48.7 Å². The molecule has 0 saturated carbocycles. The van der Waals surface area contributed by atoms with Crippen molar-refractivity contribution in [3.8, 4) is 11.3 Å². The maximum atomic E-state index is 4.74. The average molecular weight is 629 g/mol. The second-order valence-corrected chi connectivity index (χ2v) is 8.50. The summed E-state index contributed by atoms with van der Waals surface area (Å²) >= 11 is 0. The minimum atomic E-state index is 0. The second kappa shape index (κ2) is 9.50. The van der Waals surface area contributed by atoms with E-state index in [-0.39, 0.29) is 20.1 Å². The molecule has 3 nitrogen and oxygen atoms in total. The van der Waals surface area contributed by atoms with Crippen molar-refractivity contribution in [2.45, 2.75) is 13.8 Å². The fourth-order valence-electron chi connectivity index (χ4n) is 4.68. The molecule has 171 valence electrons. The monoisotopic (exact) mass is 629 g/mol. The summed E-state index contributed by atoms with van der Waals surface area (Å²) in [6.45, 7) is 4.29. The molecule has 6 aromatic rings. The molecule has 1 aliphatic carbocycles. The van der Waals surface area contributed by atoms with Crippen LogP contribution in [0.5, 0.6) is 0 Å². The summed E-state index contributed by atoms with van der Waals surface area (Å²) in [5, 5.41) is 3.66. The van der Waals surface area contributed by atoms with Gasteiger partial charge < -0.3 is 0 Å². The number of nitrogens with zero attached hydrogens (tertiary/aromatic N) is 3. The van der Waals surface area contributed by atoms with Crippen LogP contribution in [0.4, 0.5) is 0 Å². The zero-order valence-electron chi connectivity index (χ0n) is 19.4. The van der Waals surface area contributed by atoms with Gasteiger partial charge in [-0.25, -0.2) is 0 Å². The van der Waals surface area contributed by atoms with Crippen molar-refractivity contribution in [3.63, 3.8) is 0 Å². The quantitative estimate of drug-likeness (QED) is 0.139. The maximum absolute atomic E-state index is 4.74. The number of rotatable bonds is 1. The molecule has 0 aliphatic heterocycles. The number of benzene rings is 3. The largest absolute Gasteiger partial charge is 0.296 e. The molecule has 0 atom stereocenters. The number of fused-ring (bicyclic) bond motifs is 3. The Hall–Kier alpha value is -3.72. The Bertz CT molecular complexity index is 1660. The van der Waals surface area contributed by atoms with Crippen LogP contribution in [0.3, 0.4) is 0 Å². The normalized spacial score (nSPS) is 11.4. The molecule has 3 aromatic heterocycles. The van der Waals surface area contributed by atoms with E-state index >= 15 is 0 Å². The van der Waals surface area contributed by atoms with Gasteiger partial charge in [0.05, 0.1) is 16.6 Å². The number of aromatic nitrogens is 3. The third-order valence-electron chi connectivity index (χ3n) is 6.53. The molecule has 1 aliphatic rings. The van der Waals surface area contributed by atoms with Gasteiger partial charge in [-0.05, 0) is 60.0 Å². The Morgan fingerprint density at radius 1 is 0.686 bits per heavy atom. The number of aryl methyl sites for hydroxylation is 2. The van der Waals surface area contributed by atoms with E-state index in [9.17, 15) is 0 Å². The summed E-state index contributed by atoms with van der Waals surface area (Å²) < 4.78 is 0. The molecule has 0 N–H and O–H groups in total. The minimum Gasteiger partial charge on any atom is -0.296 e. The van der Waals surface area contributed by atoms with Gasteiger partial charge in [-0.15, -0.1) is 35.9 Å². The molecule has 4 heteroatoms. The minimum absolute atomic E-state index is 0. The van der Waals surface area contributed by atoms with Crippen LogP contribution in [0.2, 0.25) is 0 Å². The van der Waals surface area contributed by atoms with Gasteiger partial charge in [0.1, 0.15) is 0 Å². The fourth-order valence-corrected chi connectivity index (χ4v) is 4.68. The topological polar surface area (TPSA) is 38.7 Å². The molecule has 0 fully saturated rings. The van der Waals surface area contributed by atoms with Gasteiger partial charge in [-0.3, -0.25) is 15.0 Å². The summed E-state index contributed by atoms with van der Waals surface area (Å²) in [4.78, 5) is 13.6. The van der Waals surface area contributed by atoms with Crippen LogP contribution >= 0.6 is 0 Å². The van der Waals surface area contributed by atoms with Crippen molar-refractivity contribution in [1.82, 2.24) is 15.0 Å². The van der Waals surface area contributed by atoms with Gasteiger partial charge in [0.2, 0.25) is 0 Å². The summed E-state index contributed by atoms with van der Waals surface area (Å²) in [6.07, 6.45) is 7.96. The van der Waals surface area contributed by atoms with E-state index < -0.39 is 0 Å². The van der Waals surface area contributed by atoms with Crippen LogP contribution in [0, 0.1) is 19.9 Å². The zero-order valence-corrected chi connectivity index (χ0v) is 21.8. The molecule has 1 radical (unpaired) electrons. The van der Waals surface area contributed by atoms with Gasteiger partial charge >= 0.3 is 0 Å². The summed E-state index contributed by atoms with van der Waals surface area (Å²) in [5.41, 5.74) is 10.2. The van der Waals surface area contributed by atoms with Crippen molar-refractivity contribution in [1.29, 1.82) is 0 Å². The smallest absolute Gasteiger partial charge is 0.0967 e. The fraction of sp³-hybridized carbons (Fsp3) is 0.0645. The third-order valence-corrected chi connectivity index (χ3v) is 6.53. The molecule has 35 heavy (non-hydrogen) atoms. The van der Waals surface area contributed by atoms with Gasteiger partial charge in [-0.2, -0.15) is 0 Å². The van der Waals surface area contributed by atoms with Crippen molar-refractivity contribution >= 4 is 44.9 Å². The molecule has 0 bridgehead atoms. The Labute approximate surface area is 217 Å². The molecule has 7 rings (SSSR count). The van der Waals surface area contributed by atoms with E-state index in [4.69, 9.17) is 4.98 Å². The van der Waals surface area contributed by atoms with Crippen LogP contribution in [-0.2, 0) is 20.1 Å². The maximum Gasteiger partial charge on any atom is 0.0967 e. The molecule has 0 saturated heterocycles. The molecule has 0 unspecified atom stereocenters. The van der Waals surface area contributed by atoms with Crippen molar-refractivity contribution in [2.24, 2.45) is 0 Å². The predicted molar refractivity (Wildman–Crippen MR) is 141 cm³/mol. The standard InChI is InChI=1S/C17H10N.C14H12N2.Ir/c1-2-5-12(6-3-1)16-11-14-10-9-13-7-4-8-15(18-16)17(13)14;1-9-10(2)12-6-4-8-16-14(12)13-11(9)5-3-7-15-13;/h1-5,7-11H;3-8H,1-2H3;/q-1;;. The Kier molecular flexibility index (Phi) is 6.25. The third kappa shape index (κ3) is 4.05. The van der Waals surface area contributed by atoms with Gasteiger partial charge in [0.15, 0.2) is 0 Å². The molecular weight excluding hydrogens is 607 g/mol. The Morgan fingerprint density at radius 3 is 2.03 bits per heavy atom. The first-order valence-corrected chi connectivity index (χ1v) is 11.4. The molecule has 0 amide bonds. The van der Waals surface area contributed by atoms with Gasteiger partial charge in [-0.1, -0.05) is 42.5 Å². The summed E-state index contributed by atoms with van der Waals surface area (Å²) in [7, 11) is 0. The molecular formula is C31H22IrN3-. The molecule has 0 spiro atoms. The van der Waals surface area contributed by atoms with Crippen LogP contribution in [0.15, 0.2) is 85.2 Å². The van der Waals surface area contributed by atoms with E-state index in [0.29, 0.717) is 0 Å². The first kappa shape index (κ1) is 23.0. The zero-order chi connectivity index (χ0) is 23.1. The van der Waals surface area contributed by atoms with Crippen LogP contribution < -0.4 is 0 Å². The Morgan fingerprint density at radius 2 is 1.37 bits per heavy atom. The SMILES string of the molecule is Cc1c(C)c2cccnc2c2ncccc12.[Ir].[c-]1ccccc1-c1cc2c3c(cccc3n1)C=C2. The molecule has 3 heterocycles. The van der Waals surface area contributed by atoms with Crippen molar-refractivity contribution in [3.05, 3.63) is 114 Å². The van der Waals surface area contributed by atoms with Crippen molar-refractivity contribution in [2.75, 3.05) is 0 Å². The number of pyridine rings is 3. The van der Waals surface area contributed by atoms with E-state index in [0.717, 1.165) is 27.8 Å². The van der Waals surface area contributed by atoms with Crippen LogP contribution in [0.1, 0.15) is 22.3 Å². The number of hydrogen-bond acceptors (Lipinski definition) is 3.